The lowest BCUT2D eigenvalue weighted by molar-refractivity contribution is -0.367. The van der Waals surface area contributed by atoms with E-state index in [9.17, 15) is 45.3 Å². The number of hydrogen-bond acceptors (Lipinski definition) is 12. The SMILES string of the molecule is CC1(C)CC[C@@H]2C(=O)C[C@]3(C)C(=CCC4[C@@]5(C)CCC(OC6O[C@H](C(=O)O)[C@@H](O)[C@H](O)[C@H]6OC6OC[C@@H](O)[C@H](O)[C@H]6O)[C@](C)(CO)C5CC[C@]43C)C2C1. The van der Waals surface area contributed by atoms with Gasteiger partial charge in [-0.3, -0.25) is 4.79 Å². The summed E-state index contributed by atoms with van der Waals surface area (Å²) in [7, 11) is 0. The lowest BCUT2D eigenvalue weighted by Crippen LogP contribution is -2.67. The van der Waals surface area contributed by atoms with E-state index in [4.69, 9.17) is 18.9 Å². The normalized spacial score (nSPS) is 53.7. The van der Waals surface area contributed by atoms with Gasteiger partial charge in [0.2, 0.25) is 0 Å². The van der Waals surface area contributed by atoms with Crippen LogP contribution in [0.4, 0.5) is 0 Å². The highest BCUT2D eigenvalue weighted by Crippen LogP contribution is 2.74. The average molecular weight is 751 g/mol. The fraction of sp³-hybridized carbons (Fsp3) is 0.900. The summed E-state index contributed by atoms with van der Waals surface area (Å²) in [5.41, 5.74) is 0.197. The maximum atomic E-state index is 14.0. The van der Waals surface area contributed by atoms with Gasteiger partial charge in [0.05, 0.1) is 19.3 Å². The largest absolute Gasteiger partial charge is 0.479 e. The first-order chi connectivity index (χ1) is 24.7. The zero-order valence-electron chi connectivity index (χ0n) is 32.0. The first-order valence-corrected chi connectivity index (χ1v) is 19.8. The molecule has 6 fully saturated rings. The average Bonchev–Trinajstić information content (AvgIpc) is 3.08. The fourth-order valence-electron chi connectivity index (χ4n) is 12.9. The van der Waals surface area contributed by atoms with Crippen molar-refractivity contribution in [1.82, 2.24) is 0 Å². The zero-order valence-corrected chi connectivity index (χ0v) is 32.0. The van der Waals surface area contributed by atoms with Crippen molar-refractivity contribution in [3.63, 3.8) is 0 Å². The number of allylic oxidation sites excluding steroid dienone is 2. The summed E-state index contributed by atoms with van der Waals surface area (Å²) in [6.07, 6.45) is -5.87. The van der Waals surface area contributed by atoms with Gasteiger partial charge >= 0.3 is 5.97 Å². The quantitative estimate of drug-likeness (QED) is 0.154. The minimum Gasteiger partial charge on any atom is -0.479 e. The monoisotopic (exact) mass is 750 g/mol. The Kier molecular flexibility index (Phi) is 10.2. The summed E-state index contributed by atoms with van der Waals surface area (Å²) in [6.45, 7) is 13.1. The first-order valence-electron chi connectivity index (χ1n) is 19.8. The van der Waals surface area contributed by atoms with Gasteiger partial charge in [-0.15, -0.1) is 0 Å². The van der Waals surface area contributed by atoms with Gasteiger partial charge < -0.3 is 54.7 Å². The third kappa shape index (κ3) is 6.01. The number of carboxylic acids is 1. The van der Waals surface area contributed by atoms with Gasteiger partial charge in [0.1, 0.15) is 42.4 Å². The number of carboxylic acid groups (broad SMARTS) is 1. The van der Waals surface area contributed by atoms with Crippen molar-refractivity contribution in [2.75, 3.05) is 13.2 Å². The number of rotatable bonds is 6. The van der Waals surface area contributed by atoms with Crippen LogP contribution in [0, 0.1) is 50.7 Å². The summed E-state index contributed by atoms with van der Waals surface area (Å²) in [5, 5.41) is 73.8. The van der Waals surface area contributed by atoms with Crippen LogP contribution in [0.2, 0.25) is 0 Å². The van der Waals surface area contributed by atoms with E-state index in [0.29, 0.717) is 18.6 Å². The number of ketones is 1. The molecule has 18 atom stereocenters. The Morgan fingerprint density at radius 1 is 0.849 bits per heavy atom. The van der Waals surface area contributed by atoms with Crippen LogP contribution in [0.15, 0.2) is 11.6 Å². The maximum absolute atomic E-state index is 14.0. The van der Waals surface area contributed by atoms with E-state index in [0.717, 1.165) is 44.9 Å². The first kappa shape index (κ1) is 39.7. The Bertz CT molecular complexity index is 1470. The highest BCUT2D eigenvalue weighted by molar-refractivity contribution is 5.85. The van der Waals surface area contributed by atoms with Crippen LogP contribution >= 0.6 is 0 Å². The molecular formula is C40H62O13. The number of aliphatic carboxylic acids is 1. The lowest BCUT2D eigenvalue weighted by atomic mass is 9.34. The van der Waals surface area contributed by atoms with Crippen molar-refractivity contribution in [2.45, 2.75) is 161 Å². The number of carbonyl (C=O) groups is 2. The van der Waals surface area contributed by atoms with E-state index in [-0.39, 0.29) is 58.5 Å². The Morgan fingerprint density at radius 3 is 2.25 bits per heavy atom. The summed E-state index contributed by atoms with van der Waals surface area (Å²) < 4.78 is 23.6. The molecule has 4 saturated carbocycles. The van der Waals surface area contributed by atoms with Crippen LogP contribution in [0.1, 0.15) is 99.3 Å². The van der Waals surface area contributed by atoms with Gasteiger partial charge in [-0.2, -0.15) is 0 Å². The van der Waals surface area contributed by atoms with Gasteiger partial charge in [0, 0.05) is 23.2 Å². The molecule has 0 bridgehead atoms. The molecule has 2 heterocycles. The third-order valence-corrected chi connectivity index (χ3v) is 16.2. The molecule has 0 aromatic rings. The highest BCUT2D eigenvalue weighted by Gasteiger charge is 2.69. The smallest absolute Gasteiger partial charge is 0.335 e. The maximum Gasteiger partial charge on any atom is 0.335 e. The predicted octanol–water partition coefficient (Wildman–Crippen LogP) is 2.31. The van der Waals surface area contributed by atoms with Crippen LogP contribution in [0.3, 0.4) is 0 Å². The molecule has 7 aliphatic rings. The molecule has 300 valence electrons. The highest BCUT2D eigenvalue weighted by atomic mass is 16.8. The number of hydrogen-bond donors (Lipinski definition) is 7. The molecule has 13 nitrogen and oxygen atoms in total. The van der Waals surface area contributed by atoms with Gasteiger partial charge in [0.15, 0.2) is 18.7 Å². The van der Waals surface area contributed by atoms with Gasteiger partial charge in [-0.25, -0.2) is 4.79 Å². The number of Topliss-reactive ketones (excluding diaryl/α,β-unsaturated/α-hetero) is 1. The van der Waals surface area contributed by atoms with Crippen molar-refractivity contribution in [2.24, 2.45) is 50.7 Å². The summed E-state index contributed by atoms with van der Waals surface area (Å²) >= 11 is 0. The van der Waals surface area contributed by atoms with Crippen molar-refractivity contribution >= 4 is 11.8 Å². The number of carbonyl (C=O) groups excluding carboxylic acids is 1. The van der Waals surface area contributed by atoms with E-state index in [2.05, 4.69) is 40.7 Å². The van der Waals surface area contributed by atoms with Crippen LogP contribution in [0.25, 0.3) is 0 Å². The minimum atomic E-state index is -1.92. The van der Waals surface area contributed by atoms with Crippen molar-refractivity contribution in [3.8, 4) is 0 Å². The molecule has 13 heteroatoms. The molecule has 2 aliphatic heterocycles. The Balaban J connectivity index is 1.17. The van der Waals surface area contributed by atoms with Gasteiger partial charge in [0.25, 0.3) is 0 Å². The second-order valence-electron chi connectivity index (χ2n) is 19.5. The minimum absolute atomic E-state index is 0.0232. The third-order valence-electron chi connectivity index (χ3n) is 16.2. The van der Waals surface area contributed by atoms with Crippen molar-refractivity contribution in [1.29, 1.82) is 0 Å². The predicted molar refractivity (Wildman–Crippen MR) is 188 cm³/mol. The molecule has 6 unspecified atom stereocenters. The Morgan fingerprint density at radius 2 is 1.57 bits per heavy atom. The zero-order chi connectivity index (χ0) is 38.6. The van der Waals surface area contributed by atoms with Crippen molar-refractivity contribution < 1.29 is 64.3 Å². The fourth-order valence-corrected chi connectivity index (χ4v) is 12.9. The second kappa shape index (κ2) is 13.6. The molecule has 7 N–H and O–H groups in total. The molecule has 0 radical (unpaired) electrons. The molecular weight excluding hydrogens is 688 g/mol. The molecule has 5 aliphatic carbocycles. The van der Waals surface area contributed by atoms with Crippen molar-refractivity contribution in [3.05, 3.63) is 11.6 Å². The number of aliphatic hydroxyl groups excluding tert-OH is 6. The summed E-state index contributed by atoms with van der Waals surface area (Å²) in [4.78, 5) is 26.1. The lowest BCUT2D eigenvalue weighted by Gasteiger charge is -2.70. The topological polar surface area (TPSA) is 213 Å². The molecule has 0 spiro atoms. The standard InChI is InChI=1S/C40H62O13/c1-36(2)12-9-19-20(15-36)21-7-8-25-37(3)13-11-26(38(4,18-41)24(37)10-14-39(25,5)40(21,6)16-22(19)42)51-35-32(29(46)28(45)31(52-35)33(48)49)53-34-30(47)27(44)23(43)17-50-34/h7,19-20,23-32,34-35,41,43-47H,8-18H2,1-6H3,(H,48,49)/t19-,20?,23+,24?,25?,26?,27-,28-,29-,30+,31-,32+,34?,35?,37-,38+,39+,40+/m0/s1. The summed E-state index contributed by atoms with van der Waals surface area (Å²) in [5.74, 6) is -0.513. The van der Waals surface area contributed by atoms with E-state index in [1.165, 1.54) is 5.57 Å². The molecule has 7 rings (SSSR count). The number of ether oxygens (including phenoxy) is 4. The summed E-state index contributed by atoms with van der Waals surface area (Å²) in [6, 6.07) is 0. The van der Waals surface area contributed by atoms with Crippen LogP contribution in [0.5, 0.6) is 0 Å². The Hall–Kier alpha value is -1.52. The number of aliphatic hydroxyl groups is 6. The van der Waals surface area contributed by atoms with E-state index in [1.54, 1.807) is 0 Å². The molecule has 0 aromatic carbocycles. The molecule has 0 aromatic heterocycles. The van der Waals surface area contributed by atoms with Crippen LogP contribution in [-0.2, 0) is 28.5 Å². The Labute approximate surface area is 312 Å². The van der Waals surface area contributed by atoms with E-state index < -0.39 is 72.8 Å². The molecule has 0 amide bonds. The van der Waals surface area contributed by atoms with E-state index in [1.807, 2.05) is 6.92 Å². The van der Waals surface area contributed by atoms with Crippen LogP contribution < -0.4 is 0 Å². The van der Waals surface area contributed by atoms with Gasteiger partial charge in [-0.05, 0) is 85.4 Å². The second-order valence-corrected chi connectivity index (χ2v) is 19.5. The molecule has 2 saturated heterocycles. The van der Waals surface area contributed by atoms with Crippen LogP contribution in [-0.4, -0.2) is 122 Å². The van der Waals surface area contributed by atoms with E-state index >= 15 is 0 Å². The van der Waals surface area contributed by atoms with Gasteiger partial charge in [-0.1, -0.05) is 53.2 Å². The number of fused-ring (bicyclic) bond motifs is 7. The molecule has 53 heavy (non-hydrogen) atoms.